The van der Waals surface area contributed by atoms with Gasteiger partial charge in [-0.15, -0.1) is 0 Å². The average molecular weight is 351 g/mol. The summed E-state index contributed by atoms with van der Waals surface area (Å²) in [6.45, 7) is 3.29. The smallest absolute Gasteiger partial charge is 0.356 e. The molecule has 0 N–H and O–H groups in total. The minimum absolute atomic E-state index is 0.0403. The normalized spacial score (nSPS) is 16.7. The van der Waals surface area contributed by atoms with Gasteiger partial charge in [0.05, 0.1) is 6.04 Å². The molecule has 10 heteroatoms. The highest BCUT2D eigenvalue weighted by Crippen LogP contribution is 2.30. The predicted octanol–water partition coefficient (Wildman–Crippen LogP) is 2.49. The Morgan fingerprint density at radius 3 is 2.64 bits per heavy atom. The molecule has 1 aliphatic rings. The van der Waals surface area contributed by atoms with E-state index in [0.29, 0.717) is 31.7 Å². The number of alkyl halides is 3. The topological polar surface area (TPSA) is 64.1 Å². The molecule has 1 fully saturated rings. The molecule has 0 bridgehead atoms. The molecule has 1 saturated heterocycles. The van der Waals surface area contributed by atoms with Gasteiger partial charge in [-0.05, 0) is 25.8 Å². The molecule has 0 unspecified atom stereocenters. The Balaban J connectivity index is 1.51. The largest absolute Gasteiger partial charge is 0.435 e. The summed E-state index contributed by atoms with van der Waals surface area (Å²) >= 11 is 0. The number of hydrogen-bond acceptors (Lipinski definition) is 5. The summed E-state index contributed by atoms with van der Waals surface area (Å²) in [4.78, 5) is 10.6. The van der Waals surface area contributed by atoms with E-state index in [0.717, 1.165) is 17.6 Å². The van der Waals surface area contributed by atoms with Crippen LogP contribution in [0.15, 0.2) is 24.7 Å². The SMILES string of the molecule is Cc1cc(N2CCC(n3ccc(C(F)(F)F)n3)CC2)n2ncnc2n1. The van der Waals surface area contributed by atoms with Gasteiger partial charge in [-0.1, -0.05) is 0 Å². The monoisotopic (exact) mass is 351 g/mol. The van der Waals surface area contributed by atoms with E-state index in [1.807, 2.05) is 13.0 Å². The third-order valence-corrected chi connectivity index (χ3v) is 4.42. The second-order valence-electron chi connectivity index (χ2n) is 6.12. The number of anilines is 1. The van der Waals surface area contributed by atoms with Gasteiger partial charge in [-0.2, -0.15) is 32.9 Å². The molecular formula is C15H16F3N7. The molecule has 4 heterocycles. The summed E-state index contributed by atoms with van der Waals surface area (Å²) < 4.78 is 41.2. The van der Waals surface area contributed by atoms with Gasteiger partial charge in [0.15, 0.2) is 5.69 Å². The number of aryl methyl sites for hydroxylation is 1. The quantitative estimate of drug-likeness (QED) is 0.710. The first kappa shape index (κ1) is 15.9. The predicted molar refractivity (Wildman–Crippen MR) is 83.2 cm³/mol. The lowest BCUT2D eigenvalue weighted by Crippen LogP contribution is -2.36. The van der Waals surface area contributed by atoms with Crippen LogP contribution in [-0.4, -0.2) is 42.5 Å². The maximum Gasteiger partial charge on any atom is 0.435 e. The first-order valence-electron chi connectivity index (χ1n) is 7.96. The van der Waals surface area contributed by atoms with Crippen molar-refractivity contribution in [1.29, 1.82) is 0 Å². The maximum atomic E-state index is 12.7. The van der Waals surface area contributed by atoms with Crippen molar-refractivity contribution in [3.05, 3.63) is 36.0 Å². The van der Waals surface area contributed by atoms with Gasteiger partial charge >= 0.3 is 6.18 Å². The molecule has 0 radical (unpaired) electrons. The van der Waals surface area contributed by atoms with Crippen molar-refractivity contribution in [3.8, 4) is 0 Å². The second kappa shape index (κ2) is 5.71. The number of fused-ring (bicyclic) bond motifs is 1. The summed E-state index contributed by atoms with van der Waals surface area (Å²) in [6.07, 6.45) is -0.123. The zero-order valence-corrected chi connectivity index (χ0v) is 13.5. The Morgan fingerprint density at radius 2 is 1.96 bits per heavy atom. The van der Waals surface area contributed by atoms with Gasteiger partial charge in [0, 0.05) is 31.0 Å². The minimum Gasteiger partial charge on any atom is -0.356 e. The Bertz CT molecular complexity index is 890. The first-order valence-corrected chi connectivity index (χ1v) is 7.96. The molecule has 7 nitrogen and oxygen atoms in total. The van der Waals surface area contributed by atoms with E-state index in [-0.39, 0.29) is 6.04 Å². The summed E-state index contributed by atoms with van der Waals surface area (Å²) in [5.74, 6) is 1.44. The third kappa shape index (κ3) is 2.92. The van der Waals surface area contributed by atoms with Crippen molar-refractivity contribution in [3.63, 3.8) is 0 Å². The second-order valence-corrected chi connectivity index (χ2v) is 6.12. The Hall–Kier alpha value is -2.65. The maximum absolute atomic E-state index is 12.7. The van der Waals surface area contributed by atoms with Gasteiger partial charge in [-0.25, -0.2) is 4.98 Å². The van der Waals surface area contributed by atoms with Crippen LogP contribution in [0.4, 0.5) is 19.0 Å². The lowest BCUT2D eigenvalue weighted by molar-refractivity contribution is -0.141. The Labute approximate surface area is 141 Å². The van der Waals surface area contributed by atoms with Crippen LogP contribution >= 0.6 is 0 Å². The van der Waals surface area contributed by atoms with Gasteiger partial charge in [0.25, 0.3) is 5.78 Å². The molecule has 0 amide bonds. The number of rotatable bonds is 2. The fourth-order valence-corrected chi connectivity index (χ4v) is 3.19. The van der Waals surface area contributed by atoms with E-state index < -0.39 is 11.9 Å². The molecule has 4 rings (SSSR count). The molecule has 0 aromatic carbocycles. The van der Waals surface area contributed by atoms with Crippen LogP contribution in [0.3, 0.4) is 0 Å². The van der Waals surface area contributed by atoms with E-state index in [4.69, 9.17) is 0 Å². The highest BCUT2D eigenvalue weighted by Gasteiger charge is 2.34. The van der Waals surface area contributed by atoms with Crippen molar-refractivity contribution in [1.82, 2.24) is 29.4 Å². The molecule has 132 valence electrons. The molecule has 0 spiro atoms. The van der Waals surface area contributed by atoms with Crippen LogP contribution < -0.4 is 4.90 Å². The van der Waals surface area contributed by atoms with Crippen molar-refractivity contribution in [2.75, 3.05) is 18.0 Å². The minimum atomic E-state index is -4.40. The van der Waals surface area contributed by atoms with E-state index in [2.05, 4.69) is 25.1 Å². The molecule has 0 saturated carbocycles. The molecule has 0 aliphatic carbocycles. The van der Waals surface area contributed by atoms with Crippen molar-refractivity contribution >= 4 is 11.6 Å². The van der Waals surface area contributed by atoms with E-state index in [1.54, 1.807) is 4.52 Å². The number of halogens is 3. The Morgan fingerprint density at radius 1 is 1.20 bits per heavy atom. The molecule has 3 aromatic rings. The summed E-state index contributed by atoms with van der Waals surface area (Å²) in [7, 11) is 0. The number of nitrogens with zero attached hydrogens (tertiary/aromatic N) is 7. The molecular weight excluding hydrogens is 335 g/mol. The summed E-state index contributed by atoms with van der Waals surface area (Å²) in [5, 5.41) is 7.90. The van der Waals surface area contributed by atoms with Crippen molar-refractivity contribution in [2.24, 2.45) is 0 Å². The average Bonchev–Trinajstić information content (AvgIpc) is 3.23. The lowest BCUT2D eigenvalue weighted by Gasteiger charge is -2.33. The van der Waals surface area contributed by atoms with Crippen LogP contribution in [0.25, 0.3) is 5.78 Å². The number of piperidine rings is 1. The third-order valence-electron chi connectivity index (χ3n) is 4.42. The zero-order valence-electron chi connectivity index (χ0n) is 13.5. The van der Waals surface area contributed by atoms with E-state index >= 15 is 0 Å². The first-order chi connectivity index (χ1) is 11.9. The number of aromatic nitrogens is 6. The number of hydrogen-bond donors (Lipinski definition) is 0. The van der Waals surface area contributed by atoms with Crippen molar-refractivity contribution in [2.45, 2.75) is 32.0 Å². The summed E-state index contributed by atoms with van der Waals surface area (Å²) in [5.41, 5.74) is 0.00327. The van der Waals surface area contributed by atoms with Crippen molar-refractivity contribution < 1.29 is 13.2 Å². The highest BCUT2D eigenvalue weighted by atomic mass is 19.4. The van der Waals surface area contributed by atoms with E-state index in [9.17, 15) is 13.2 Å². The molecule has 0 atom stereocenters. The van der Waals surface area contributed by atoms with Crippen LogP contribution in [0, 0.1) is 6.92 Å². The van der Waals surface area contributed by atoms with Gasteiger partial charge in [0.2, 0.25) is 0 Å². The van der Waals surface area contributed by atoms with Crippen LogP contribution in [0.5, 0.6) is 0 Å². The van der Waals surface area contributed by atoms with Gasteiger partial charge < -0.3 is 4.90 Å². The lowest BCUT2D eigenvalue weighted by atomic mass is 10.1. The van der Waals surface area contributed by atoms with Crippen LogP contribution in [-0.2, 0) is 6.18 Å². The fraction of sp³-hybridized carbons (Fsp3) is 0.467. The standard InChI is InChI=1S/C15H16F3N7/c1-10-8-13(25-14(21-10)19-9-20-25)23-5-2-11(3-6-23)24-7-4-12(22-24)15(16,17)18/h4,7-9,11H,2-3,5-6H2,1H3. The molecule has 1 aliphatic heterocycles. The summed E-state index contributed by atoms with van der Waals surface area (Å²) in [6, 6.07) is 2.93. The molecule has 3 aromatic heterocycles. The Kier molecular flexibility index (Phi) is 3.62. The van der Waals surface area contributed by atoms with Crippen LogP contribution in [0.2, 0.25) is 0 Å². The van der Waals surface area contributed by atoms with Gasteiger partial charge in [0.1, 0.15) is 12.1 Å². The van der Waals surface area contributed by atoms with Crippen LogP contribution in [0.1, 0.15) is 30.3 Å². The van der Waals surface area contributed by atoms with E-state index in [1.165, 1.54) is 17.2 Å². The van der Waals surface area contributed by atoms with Gasteiger partial charge in [-0.3, -0.25) is 4.68 Å². The zero-order chi connectivity index (χ0) is 17.6. The molecule has 25 heavy (non-hydrogen) atoms. The fourth-order valence-electron chi connectivity index (χ4n) is 3.19. The highest BCUT2D eigenvalue weighted by molar-refractivity contribution is 5.47.